The number of likely N-dealkylation sites (N-methyl/N-ethyl adjacent to an activating group) is 1. The molecule has 0 N–H and O–H groups in total. The average Bonchev–Trinajstić information content (AvgIpc) is 3.11. The second-order valence-electron chi connectivity index (χ2n) is 5.41. The SMILES string of the molecule is CCN1CCc2oc(C(=O)N3CC[C@@H](OC)C3)nc2C1. The van der Waals surface area contributed by atoms with Gasteiger partial charge in [-0.15, -0.1) is 0 Å². The van der Waals surface area contributed by atoms with Crippen molar-refractivity contribution in [3.8, 4) is 0 Å². The Labute approximate surface area is 118 Å². The Morgan fingerprint density at radius 1 is 1.50 bits per heavy atom. The van der Waals surface area contributed by atoms with Gasteiger partial charge in [0, 0.05) is 39.7 Å². The van der Waals surface area contributed by atoms with Crippen molar-refractivity contribution in [3.05, 3.63) is 17.3 Å². The fraction of sp³-hybridized carbons (Fsp3) is 0.714. The molecule has 0 spiro atoms. The summed E-state index contributed by atoms with van der Waals surface area (Å²) in [5.74, 6) is 1.01. The number of carbonyl (C=O) groups excluding carboxylic acids is 1. The van der Waals surface area contributed by atoms with Gasteiger partial charge in [-0.2, -0.15) is 0 Å². The number of rotatable bonds is 3. The van der Waals surface area contributed by atoms with Gasteiger partial charge in [-0.3, -0.25) is 9.69 Å². The number of fused-ring (bicyclic) bond motifs is 1. The van der Waals surface area contributed by atoms with Crippen molar-refractivity contribution in [2.75, 3.05) is 33.3 Å². The number of amides is 1. The zero-order valence-corrected chi connectivity index (χ0v) is 12.1. The molecule has 1 saturated heterocycles. The number of carbonyl (C=O) groups is 1. The normalized spacial score (nSPS) is 23.1. The van der Waals surface area contributed by atoms with Crippen molar-refractivity contribution in [3.63, 3.8) is 0 Å². The van der Waals surface area contributed by atoms with Crippen molar-refractivity contribution >= 4 is 5.91 Å². The molecule has 2 aliphatic heterocycles. The van der Waals surface area contributed by atoms with Crippen molar-refractivity contribution in [2.24, 2.45) is 0 Å². The van der Waals surface area contributed by atoms with Gasteiger partial charge in [0.15, 0.2) is 0 Å². The number of methoxy groups -OCH3 is 1. The van der Waals surface area contributed by atoms with Crippen LogP contribution in [0.25, 0.3) is 0 Å². The van der Waals surface area contributed by atoms with Crippen LogP contribution in [0.3, 0.4) is 0 Å². The highest BCUT2D eigenvalue weighted by molar-refractivity contribution is 5.90. The number of hydrogen-bond donors (Lipinski definition) is 0. The lowest BCUT2D eigenvalue weighted by atomic mass is 10.2. The van der Waals surface area contributed by atoms with E-state index in [0.717, 1.165) is 43.9 Å². The molecule has 3 heterocycles. The van der Waals surface area contributed by atoms with E-state index in [9.17, 15) is 4.79 Å². The van der Waals surface area contributed by atoms with E-state index in [4.69, 9.17) is 9.15 Å². The van der Waals surface area contributed by atoms with Crippen LogP contribution in [0.1, 0.15) is 35.5 Å². The van der Waals surface area contributed by atoms with Crippen molar-refractivity contribution in [1.82, 2.24) is 14.8 Å². The summed E-state index contributed by atoms with van der Waals surface area (Å²) in [4.78, 5) is 20.9. The molecular formula is C14H21N3O3. The maximum Gasteiger partial charge on any atom is 0.309 e. The predicted molar refractivity (Wildman–Crippen MR) is 72.5 cm³/mol. The topological polar surface area (TPSA) is 58.8 Å². The number of aromatic nitrogens is 1. The Bertz CT molecular complexity index is 500. The quantitative estimate of drug-likeness (QED) is 0.823. The zero-order valence-electron chi connectivity index (χ0n) is 12.1. The molecule has 1 fully saturated rings. The molecular weight excluding hydrogens is 258 g/mol. The Morgan fingerprint density at radius 3 is 3.05 bits per heavy atom. The average molecular weight is 279 g/mol. The minimum atomic E-state index is -0.109. The minimum Gasteiger partial charge on any atom is -0.437 e. The molecule has 1 amide bonds. The smallest absolute Gasteiger partial charge is 0.309 e. The first-order valence-corrected chi connectivity index (χ1v) is 7.24. The number of oxazole rings is 1. The molecule has 0 bridgehead atoms. The molecule has 3 rings (SSSR count). The van der Waals surface area contributed by atoms with Crippen LogP contribution in [0.2, 0.25) is 0 Å². The molecule has 0 saturated carbocycles. The third-order valence-electron chi connectivity index (χ3n) is 4.20. The van der Waals surface area contributed by atoms with Crippen LogP contribution < -0.4 is 0 Å². The first kappa shape index (κ1) is 13.6. The van der Waals surface area contributed by atoms with E-state index in [2.05, 4.69) is 16.8 Å². The lowest BCUT2D eigenvalue weighted by molar-refractivity contribution is 0.0687. The van der Waals surface area contributed by atoms with Gasteiger partial charge in [-0.05, 0) is 13.0 Å². The van der Waals surface area contributed by atoms with E-state index in [-0.39, 0.29) is 17.9 Å². The molecule has 0 aliphatic carbocycles. The van der Waals surface area contributed by atoms with Crippen LogP contribution >= 0.6 is 0 Å². The van der Waals surface area contributed by atoms with E-state index in [1.54, 1.807) is 12.0 Å². The lowest BCUT2D eigenvalue weighted by Gasteiger charge is -2.22. The number of ether oxygens (including phenoxy) is 1. The molecule has 1 aromatic rings. The summed E-state index contributed by atoms with van der Waals surface area (Å²) < 4.78 is 11.0. The van der Waals surface area contributed by atoms with Gasteiger partial charge in [0.25, 0.3) is 5.89 Å². The maximum atomic E-state index is 12.4. The summed E-state index contributed by atoms with van der Waals surface area (Å²) in [6, 6.07) is 0. The summed E-state index contributed by atoms with van der Waals surface area (Å²) in [6.45, 7) is 6.23. The highest BCUT2D eigenvalue weighted by Gasteiger charge is 2.31. The van der Waals surface area contributed by atoms with Gasteiger partial charge in [0.2, 0.25) is 0 Å². The first-order chi connectivity index (χ1) is 9.71. The maximum absolute atomic E-state index is 12.4. The summed E-state index contributed by atoms with van der Waals surface area (Å²) in [7, 11) is 1.68. The zero-order chi connectivity index (χ0) is 14.1. The number of nitrogens with zero attached hydrogens (tertiary/aromatic N) is 3. The molecule has 110 valence electrons. The van der Waals surface area contributed by atoms with E-state index in [1.807, 2.05) is 0 Å². The second kappa shape index (κ2) is 5.54. The summed E-state index contributed by atoms with van der Waals surface area (Å²) >= 11 is 0. The molecule has 0 radical (unpaired) electrons. The summed E-state index contributed by atoms with van der Waals surface area (Å²) in [5, 5.41) is 0. The van der Waals surface area contributed by atoms with Crippen LogP contribution in [0.15, 0.2) is 4.42 Å². The number of likely N-dealkylation sites (tertiary alicyclic amines) is 1. The Balaban J connectivity index is 1.72. The Kier molecular flexibility index (Phi) is 3.76. The molecule has 1 atom stereocenters. The van der Waals surface area contributed by atoms with Crippen molar-refractivity contribution in [2.45, 2.75) is 32.4 Å². The van der Waals surface area contributed by atoms with Crippen LogP contribution in [0.5, 0.6) is 0 Å². The third kappa shape index (κ3) is 2.45. The Morgan fingerprint density at radius 2 is 2.35 bits per heavy atom. The molecule has 6 heteroatoms. The highest BCUT2D eigenvalue weighted by atomic mass is 16.5. The molecule has 20 heavy (non-hydrogen) atoms. The largest absolute Gasteiger partial charge is 0.437 e. The van der Waals surface area contributed by atoms with Crippen molar-refractivity contribution in [1.29, 1.82) is 0 Å². The highest BCUT2D eigenvalue weighted by Crippen LogP contribution is 2.22. The fourth-order valence-corrected chi connectivity index (χ4v) is 2.85. The molecule has 1 aromatic heterocycles. The molecule has 2 aliphatic rings. The fourth-order valence-electron chi connectivity index (χ4n) is 2.85. The minimum absolute atomic E-state index is 0.109. The van der Waals surface area contributed by atoms with Gasteiger partial charge in [-0.1, -0.05) is 6.92 Å². The Hall–Kier alpha value is -1.40. The lowest BCUT2D eigenvalue weighted by Crippen LogP contribution is -2.30. The predicted octanol–water partition coefficient (Wildman–Crippen LogP) is 0.913. The monoisotopic (exact) mass is 279 g/mol. The van der Waals surface area contributed by atoms with Gasteiger partial charge in [0.05, 0.1) is 11.8 Å². The summed E-state index contributed by atoms with van der Waals surface area (Å²) in [5.41, 5.74) is 0.920. The van der Waals surface area contributed by atoms with E-state index < -0.39 is 0 Å². The van der Waals surface area contributed by atoms with Crippen molar-refractivity contribution < 1.29 is 13.9 Å². The summed E-state index contributed by atoms with van der Waals surface area (Å²) in [6.07, 6.45) is 1.86. The van der Waals surface area contributed by atoms with Gasteiger partial charge in [0.1, 0.15) is 5.76 Å². The molecule has 0 unspecified atom stereocenters. The van der Waals surface area contributed by atoms with E-state index >= 15 is 0 Å². The third-order valence-corrected chi connectivity index (χ3v) is 4.20. The second-order valence-corrected chi connectivity index (χ2v) is 5.41. The molecule has 0 aromatic carbocycles. The van der Waals surface area contributed by atoms with Gasteiger partial charge in [-0.25, -0.2) is 4.98 Å². The number of hydrogen-bond acceptors (Lipinski definition) is 5. The van der Waals surface area contributed by atoms with E-state index in [0.29, 0.717) is 13.1 Å². The van der Waals surface area contributed by atoms with Crippen LogP contribution in [0, 0.1) is 0 Å². The van der Waals surface area contributed by atoms with Crippen LogP contribution in [0.4, 0.5) is 0 Å². The van der Waals surface area contributed by atoms with Crippen LogP contribution in [-0.2, 0) is 17.7 Å². The first-order valence-electron chi connectivity index (χ1n) is 7.24. The van der Waals surface area contributed by atoms with Crippen LogP contribution in [-0.4, -0.2) is 60.1 Å². The van der Waals surface area contributed by atoms with E-state index in [1.165, 1.54) is 0 Å². The molecule has 6 nitrogen and oxygen atoms in total. The standard InChI is InChI=1S/C14H21N3O3/c1-3-16-6-5-12-11(9-16)15-13(20-12)14(18)17-7-4-10(8-17)19-2/h10H,3-9H2,1-2H3/t10-/m1/s1. The van der Waals surface area contributed by atoms with Gasteiger partial charge < -0.3 is 14.1 Å². The van der Waals surface area contributed by atoms with Gasteiger partial charge >= 0.3 is 5.91 Å².